The highest BCUT2D eigenvalue weighted by Gasteiger charge is 2.62. The second kappa shape index (κ2) is 10.4. The van der Waals surface area contributed by atoms with Crippen LogP contribution >= 0.6 is 11.8 Å². The number of thioether (sulfide) groups is 1. The summed E-state index contributed by atoms with van der Waals surface area (Å²) < 4.78 is 9.98. The monoisotopic (exact) mass is 409 g/mol. The van der Waals surface area contributed by atoms with E-state index in [0.29, 0.717) is 5.92 Å². The molecule has 0 radical (unpaired) electrons. The number of carbonyl (C=O) groups excluding carboxylic acids is 2. The second-order valence-corrected chi connectivity index (χ2v) is 8.49. The van der Waals surface area contributed by atoms with Crippen molar-refractivity contribution < 1.29 is 29.0 Å². The van der Waals surface area contributed by atoms with E-state index in [0.717, 1.165) is 24.6 Å². The Hall–Kier alpha value is -2.19. The van der Waals surface area contributed by atoms with Crippen LogP contribution in [-0.2, 0) is 23.9 Å². The largest absolute Gasteiger partial charge is 0.481 e. The van der Waals surface area contributed by atoms with Gasteiger partial charge in [0.05, 0.1) is 12.8 Å². The highest BCUT2D eigenvalue weighted by Crippen LogP contribution is 2.66. The average Bonchev–Trinajstić information content (AvgIpc) is 2.97. The van der Waals surface area contributed by atoms with Crippen LogP contribution in [0.25, 0.3) is 0 Å². The maximum Gasteiger partial charge on any atom is 0.317 e. The van der Waals surface area contributed by atoms with Crippen molar-refractivity contribution in [1.29, 1.82) is 5.26 Å². The molecule has 7 nitrogen and oxygen atoms in total. The van der Waals surface area contributed by atoms with Crippen molar-refractivity contribution >= 4 is 29.7 Å². The van der Waals surface area contributed by atoms with Gasteiger partial charge in [-0.2, -0.15) is 5.26 Å². The number of esters is 2. The Morgan fingerprint density at radius 2 is 1.93 bits per heavy atom. The summed E-state index contributed by atoms with van der Waals surface area (Å²) in [7, 11) is 0. The average molecular weight is 410 g/mol. The van der Waals surface area contributed by atoms with Gasteiger partial charge in [0.15, 0.2) is 6.61 Å². The summed E-state index contributed by atoms with van der Waals surface area (Å²) in [4.78, 5) is 32.0. The van der Waals surface area contributed by atoms with E-state index in [4.69, 9.17) is 21.5 Å². The van der Waals surface area contributed by atoms with E-state index in [-0.39, 0.29) is 48.1 Å². The fourth-order valence-corrected chi connectivity index (χ4v) is 4.25. The number of nitrogens with zero attached hydrogens (tertiary/aromatic N) is 1. The van der Waals surface area contributed by atoms with Crippen LogP contribution in [0.2, 0.25) is 0 Å². The number of carbonyl (C=O) groups is 3. The fourth-order valence-electron chi connectivity index (χ4n) is 4.00. The molecule has 0 aromatic heterocycles. The van der Waals surface area contributed by atoms with E-state index in [9.17, 15) is 14.4 Å². The zero-order chi connectivity index (χ0) is 21.4. The van der Waals surface area contributed by atoms with Crippen LogP contribution in [0.3, 0.4) is 0 Å². The number of thiocyanates is 1. The zero-order valence-corrected chi connectivity index (χ0v) is 17.3. The zero-order valence-electron chi connectivity index (χ0n) is 16.5. The number of carboxylic acid groups (broad SMARTS) is 1. The number of carboxylic acids is 1. The molecule has 2 bridgehead atoms. The number of hydrogen-bond donors (Lipinski definition) is 1. The standard InChI is InChI=1S/C13H19NO2S.C7H8O4/c1-12(2)9-4-5-13(12,3)10(6-9)16-11(15)7-17-8-14;1-2-5-11-7(10)4-3-6(8)9/h9-10H,4-7H2,1-3H3;1H,3-5H2,(H,8,9). The van der Waals surface area contributed by atoms with Gasteiger partial charge in [0.2, 0.25) is 0 Å². The number of rotatable bonds is 7. The van der Waals surface area contributed by atoms with Crippen LogP contribution in [0.5, 0.6) is 0 Å². The molecule has 3 unspecified atom stereocenters. The van der Waals surface area contributed by atoms with Crippen molar-refractivity contribution in [3.05, 3.63) is 0 Å². The number of ether oxygens (including phenoxy) is 2. The third-order valence-corrected chi connectivity index (χ3v) is 6.61. The number of nitriles is 1. The molecular weight excluding hydrogens is 382 g/mol. The lowest BCUT2D eigenvalue weighted by Crippen LogP contribution is -2.38. The van der Waals surface area contributed by atoms with E-state index < -0.39 is 11.9 Å². The highest BCUT2D eigenvalue weighted by atomic mass is 32.2. The van der Waals surface area contributed by atoms with Gasteiger partial charge in [0, 0.05) is 5.41 Å². The first-order valence-corrected chi connectivity index (χ1v) is 10.1. The summed E-state index contributed by atoms with van der Waals surface area (Å²) in [5.41, 5.74) is 0.380. The molecule has 0 spiro atoms. The van der Waals surface area contributed by atoms with Crippen LogP contribution in [-0.4, -0.2) is 41.5 Å². The van der Waals surface area contributed by atoms with Gasteiger partial charge in [-0.15, -0.1) is 6.42 Å². The summed E-state index contributed by atoms with van der Waals surface area (Å²) in [5.74, 6) is 1.07. The Bertz CT molecular complexity index is 677. The summed E-state index contributed by atoms with van der Waals surface area (Å²) in [6.45, 7) is 6.74. The van der Waals surface area contributed by atoms with E-state index in [2.05, 4.69) is 31.4 Å². The van der Waals surface area contributed by atoms with Crippen molar-refractivity contribution in [1.82, 2.24) is 0 Å². The molecule has 3 atom stereocenters. The van der Waals surface area contributed by atoms with Crippen LogP contribution in [0.4, 0.5) is 0 Å². The van der Waals surface area contributed by atoms with Gasteiger partial charge in [0.1, 0.15) is 17.3 Å². The van der Waals surface area contributed by atoms with E-state index in [1.165, 1.54) is 6.42 Å². The van der Waals surface area contributed by atoms with Crippen LogP contribution in [0, 0.1) is 39.8 Å². The second-order valence-electron chi connectivity index (χ2n) is 7.73. The van der Waals surface area contributed by atoms with Crippen molar-refractivity contribution in [2.75, 3.05) is 12.4 Å². The summed E-state index contributed by atoms with van der Waals surface area (Å²) in [5, 5.41) is 18.5. The predicted octanol–water partition coefficient (Wildman–Crippen LogP) is 2.99. The van der Waals surface area contributed by atoms with Gasteiger partial charge in [-0.05, 0) is 42.4 Å². The van der Waals surface area contributed by atoms with E-state index >= 15 is 0 Å². The Morgan fingerprint density at radius 3 is 2.39 bits per heavy atom. The van der Waals surface area contributed by atoms with Gasteiger partial charge < -0.3 is 14.6 Å². The first-order chi connectivity index (χ1) is 13.1. The molecule has 2 rings (SSSR count). The molecule has 8 heteroatoms. The SMILES string of the molecule is C#CCOC(=O)CCC(=O)O.CC1(C)C2CCC1(C)C(OC(=O)CSC#N)C2. The molecule has 2 fully saturated rings. The molecule has 1 N–H and O–H groups in total. The predicted molar refractivity (Wildman–Crippen MR) is 104 cm³/mol. The Labute approximate surface area is 170 Å². The molecule has 154 valence electrons. The third-order valence-electron chi connectivity index (χ3n) is 6.10. The smallest absolute Gasteiger partial charge is 0.317 e. The Kier molecular flexibility index (Phi) is 8.84. The lowest BCUT2D eigenvalue weighted by molar-refractivity contribution is -0.153. The Balaban J connectivity index is 0.000000311. The van der Waals surface area contributed by atoms with Gasteiger partial charge in [0.25, 0.3) is 0 Å². The van der Waals surface area contributed by atoms with Crippen molar-refractivity contribution in [3.8, 4) is 17.7 Å². The molecule has 0 aromatic carbocycles. The molecule has 0 heterocycles. The van der Waals surface area contributed by atoms with Gasteiger partial charge in [-0.1, -0.05) is 26.7 Å². The van der Waals surface area contributed by atoms with Crippen LogP contribution < -0.4 is 0 Å². The first-order valence-electron chi connectivity index (χ1n) is 9.09. The molecule has 28 heavy (non-hydrogen) atoms. The number of terminal acetylenes is 1. The summed E-state index contributed by atoms with van der Waals surface area (Å²) >= 11 is 0.949. The molecular formula is C20H27NO6S. The van der Waals surface area contributed by atoms with Crippen LogP contribution in [0.15, 0.2) is 0 Å². The number of fused-ring (bicyclic) bond motifs is 2. The summed E-state index contributed by atoms with van der Waals surface area (Å²) in [6, 6.07) is 0. The van der Waals surface area contributed by atoms with Crippen molar-refractivity contribution in [3.63, 3.8) is 0 Å². The van der Waals surface area contributed by atoms with E-state index in [1.54, 1.807) is 0 Å². The minimum atomic E-state index is -1.03. The normalized spacial score (nSPS) is 26.2. The number of hydrogen-bond acceptors (Lipinski definition) is 7. The summed E-state index contributed by atoms with van der Waals surface area (Å²) in [6.07, 6.45) is 7.88. The maximum atomic E-state index is 11.6. The molecule has 0 aromatic rings. The molecule has 0 saturated heterocycles. The third kappa shape index (κ3) is 5.90. The lowest BCUT2D eigenvalue weighted by Gasteiger charge is -2.38. The van der Waals surface area contributed by atoms with Gasteiger partial charge in [-0.25, -0.2) is 0 Å². The quantitative estimate of drug-likeness (QED) is 0.388. The minimum Gasteiger partial charge on any atom is -0.481 e. The minimum absolute atomic E-state index is 0.0445. The highest BCUT2D eigenvalue weighted by molar-refractivity contribution is 8.04. The van der Waals surface area contributed by atoms with Gasteiger partial charge in [-0.3, -0.25) is 14.4 Å². The fraction of sp³-hybridized carbons (Fsp3) is 0.700. The topological polar surface area (TPSA) is 114 Å². The maximum absolute atomic E-state index is 11.6. The molecule has 2 aliphatic carbocycles. The molecule has 2 saturated carbocycles. The number of aliphatic carboxylic acids is 1. The van der Waals surface area contributed by atoms with Crippen LogP contribution in [0.1, 0.15) is 52.9 Å². The van der Waals surface area contributed by atoms with E-state index in [1.807, 2.05) is 5.40 Å². The van der Waals surface area contributed by atoms with Crippen molar-refractivity contribution in [2.24, 2.45) is 16.7 Å². The van der Waals surface area contributed by atoms with Gasteiger partial charge >= 0.3 is 17.9 Å². The van der Waals surface area contributed by atoms with Crippen molar-refractivity contribution in [2.45, 2.75) is 59.0 Å². The molecule has 0 amide bonds. The molecule has 0 aliphatic heterocycles. The lowest BCUT2D eigenvalue weighted by atomic mass is 9.70. The first kappa shape index (κ1) is 23.8. The molecule has 2 aliphatic rings. The Morgan fingerprint density at radius 1 is 1.25 bits per heavy atom.